The van der Waals surface area contributed by atoms with Gasteiger partial charge in [0.15, 0.2) is 0 Å². The Morgan fingerprint density at radius 3 is 2.38 bits per heavy atom. The first-order chi connectivity index (χ1) is 6.11. The maximum atomic E-state index is 11.3. The number of amides is 1. The van der Waals surface area contributed by atoms with E-state index in [1.807, 2.05) is 6.92 Å². The maximum absolute atomic E-state index is 11.3. The number of carbonyl (C=O) groups is 1. The van der Waals surface area contributed by atoms with Crippen LogP contribution in [0.4, 0.5) is 0 Å². The highest BCUT2D eigenvalue weighted by Gasteiger charge is 2.10. The van der Waals surface area contributed by atoms with Crippen LogP contribution in [0.5, 0.6) is 0 Å². The van der Waals surface area contributed by atoms with Gasteiger partial charge in [0.2, 0.25) is 5.91 Å². The molecule has 0 unspecified atom stereocenters. The Morgan fingerprint density at radius 1 is 1.38 bits per heavy atom. The van der Waals surface area contributed by atoms with Gasteiger partial charge in [-0.15, -0.1) is 0 Å². The molecule has 3 nitrogen and oxygen atoms in total. The van der Waals surface area contributed by atoms with Gasteiger partial charge in [0.25, 0.3) is 0 Å². The zero-order valence-electron chi connectivity index (χ0n) is 8.92. The van der Waals surface area contributed by atoms with E-state index in [1.54, 1.807) is 4.90 Å². The summed E-state index contributed by atoms with van der Waals surface area (Å²) in [5, 5.41) is 8.75. The highest BCUT2D eigenvalue weighted by Crippen LogP contribution is 2.03. The Hall–Kier alpha value is -0.570. The number of aliphatic hydroxyl groups is 1. The molecule has 0 rings (SSSR count). The van der Waals surface area contributed by atoms with Crippen molar-refractivity contribution in [2.75, 3.05) is 19.7 Å². The summed E-state index contributed by atoms with van der Waals surface area (Å²) >= 11 is 0. The lowest BCUT2D eigenvalue weighted by molar-refractivity contribution is -0.131. The minimum absolute atomic E-state index is 0.0594. The van der Waals surface area contributed by atoms with E-state index in [2.05, 4.69) is 13.8 Å². The monoisotopic (exact) mass is 187 g/mol. The molecule has 0 aromatic carbocycles. The van der Waals surface area contributed by atoms with Gasteiger partial charge in [0, 0.05) is 19.5 Å². The smallest absolute Gasteiger partial charge is 0.222 e. The van der Waals surface area contributed by atoms with Gasteiger partial charge in [0.1, 0.15) is 0 Å². The average Bonchev–Trinajstić information content (AvgIpc) is 2.10. The summed E-state index contributed by atoms with van der Waals surface area (Å²) in [6.45, 7) is 7.41. The number of aliphatic hydroxyl groups excluding tert-OH is 1. The van der Waals surface area contributed by atoms with Gasteiger partial charge in [-0.05, 0) is 12.3 Å². The Labute approximate surface area is 80.7 Å². The molecule has 0 radical (unpaired) electrons. The summed E-state index contributed by atoms with van der Waals surface area (Å²) in [5.74, 6) is 0.737. The second-order valence-electron chi connectivity index (χ2n) is 3.64. The minimum atomic E-state index is 0.0594. The molecule has 0 aromatic rings. The highest BCUT2D eigenvalue weighted by atomic mass is 16.3. The summed E-state index contributed by atoms with van der Waals surface area (Å²) in [5.41, 5.74) is 0. The van der Waals surface area contributed by atoms with Gasteiger partial charge in [-0.2, -0.15) is 0 Å². The average molecular weight is 187 g/mol. The largest absolute Gasteiger partial charge is 0.395 e. The predicted octanol–water partition coefficient (Wildman–Crippen LogP) is 1.26. The summed E-state index contributed by atoms with van der Waals surface area (Å²) in [4.78, 5) is 13.1. The summed E-state index contributed by atoms with van der Waals surface area (Å²) in [6.07, 6.45) is 1.53. The van der Waals surface area contributed by atoms with E-state index >= 15 is 0 Å². The first-order valence-corrected chi connectivity index (χ1v) is 5.00. The number of nitrogens with zero attached hydrogens (tertiary/aromatic N) is 1. The molecule has 0 heterocycles. The lowest BCUT2D eigenvalue weighted by Crippen LogP contribution is -2.34. The minimum Gasteiger partial charge on any atom is -0.395 e. The zero-order valence-corrected chi connectivity index (χ0v) is 8.92. The van der Waals surface area contributed by atoms with Crippen LogP contribution in [0, 0.1) is 5.92 Å². The van der Waals surface area contributed by atoms with E-state index in [1.165, 1.54) is 0 Å². The molecule has 0 fully saturated rings. The van der Waals surface area contributed by atoms with Crippen molar-refractivity contribution in [3.63, 3.8) is 0 Å². The Bertz CT molecular complexity index is 146. The molecule has 0 aromatic heterocycles. The van der Waals surface area contributed by atoms with E-state index < -0.39 is 0 Å². The van der Waals surface area contributed by atoms with E-state index in [9.17, 15) is 4.79 Å². The summed E-state index contributed by atoms with van der Waals surface area (Å²) < 4.78 is 0. The third-order valence-electron chi connectivity index (χ3n) is 2.00. The molecule has 0 aliphatic heterocycles. The van der Waals surface area contributed by atoms with E-state index in [-0.39, 0.29) is 12.5 Å². The van der Waals surface area contributed by atoms with E-state index in [0.717, 1.165) is 13.0 Å². The molecule has 0 aliphatic rings. The molecule has 0 bridgehead atoms. The van der Waals surface area contributed by atoms with Crippen molar-refractivity contribution in [2.45, 2.75) is 33.6 Å². The molecule has 0 aliphatic carbocycles. The molecule has 0 saturated carbocycles. The molecule has 13 heavy (non-hydrogen) atoms. The van der Waals surface area contributed by atoms with Crippen LogP contribution in [-0.4, -0.2) is 35.6 Å². The Balaban J connectivity index is 3.86. The van der Waals surface area contributed by atoms with Crippen LogP contribution in [-0.2, 0) is 4.79 Å². The molecule has 3 heteroatoms. The van der Waals surface area contributed by atoms with Gasteiger partial charge in [-0.25, -0.2) is 0 Å². The first-order valence-electron chi connectivity index (χ1n) is 5.00. The fourth-order valence-corrected chi connectivity index (χ4v) is 1.12. The quantitative estimate of drug-likeness (QED) is 0.680. The van der Waals surface area contributed by atoms with Crippen LogP contribution in [0.2, 0.25) is 0 Å². The van der Waals surface area contributed by atoms with Gasteiger partial charge in [0.05, 0.1) is 6.61 Å². The second kappa shape index (κ2) is 6.89. The molecule has 0 atom stereocenters. The van der Waals surface area contributed by atoms with Crippen LogP contribution in [0.1, 0.15) is 33.6 Å². The van der Waals surface area contributed by atoms with Crippen LogP contribution in [0.15, 0.2) is 0 Å². The zero-order chi connectivity index (χ0) is 10.3. The van der Waals surface area contributed by atoms with Crippen LogP contribution in [0.3, 0.4) is 0 Å². The van der Waals surface area contributed by atoms with Crippen LogP contribution < -0.4 is 0 Å². The van der Waals surface area contributed by atoms with Gasteiger partial charge in [-0.3, -0.25) is 4.79 Å². The normalized spacial score (nSPS) is 10.5. The highest BCUT2D eigenvalue weighted by molar-refractivity contribution is 5.75. The van der Waals surface area contributed by atoms with Crippen molar-refractivity contribution < 1.29 is 9.90 Å². The van der Waals surface area contributed by atoms with E-state index in [0.29, 0.717) is 18.9 Å². The fourth-order valence-electron chi connectivity index (χ4n) is 1.12. The Morgan fingerprint density at radius 2 is 2.00 bits per heavy atom. The van der Waals surface area contributed by atoms with Crippen molar-refractivity contribution in [3.05, 3.63) is 0 Å². The summed E-state index contributed by atoms with van der Waals surface area (Å²) in [6, 6.07) is 0. The number of rotatable bonds is 6. The maximum Gasteiger partial charge on any atom is 0.222 e. The van der Waals surface area contributed by atoms with E-state index in [4.69, 9.17) is 5.11 Å². The SMILES string of the molecule is CCC(=O)N(CCO)CCC(C)C. The number of hydrogen-bond acceptors (Lipinski definition) is 2. The van der Waals surface area contributed by atoms with Gasteiger partial charge < -0.3 is 10.0 Å². The lowest BCUT2D eigenvalue weighted by atomic mass is 10.1. The van der Waals surface area contributed by atoms with Crippen molar-refractivity contribution >= 4 is 5.91 Å². The third-order valence-corrected chi connectivity index (χ3v) is 2.00. The van der Waals surface area contributed by atoms with Crippen LogP contribution in [0.25, 0.3) is 0 Å². The van der Waals surface area contributed by atoms with Crippen molar-refractivity contribution in [1.82, 2.24) is 4.90 Å². The first kappa shape index (κ1) is 12.4. The topological polar surface area (TPSA) is 40.5 Å². The fraction of sp³-hybridized carbons (Fsp3) is 0.900. The van der Waals surface area contributed by atoms with Gasteiger partial charge >= 0.3 is 0 Å². The Kier molecular flexibility index (Phi) is 6.59. The standard InChI is InChI=1S/C10H21NO2/c1-4-10(13)11(7-8-12)6-5-9(2)3/h9,12H,4-8H2,1-3H3. The lowest BCUT2D eigenvalue weighted by Gasteiger charge is -2.21. The number of hydrogen-bond donors (Lipinski definition) is 1. The van der Waals surface area contributed by atoms with Crippen molar-refractivity contribution in [1.29, 1.82) is 0 Å². The molecule has 0 saturated heterocycles. The molecular weight excluding hydrogens is 166 g/mol. The molecule has 1 amide bonds. The summed E-state index contributed by atoms with van der Waals surface area (Å²) in [7, 11) is 0. The second-order valence-corrected chi connectivity index (χ2v) is 3.64. The van der Waals surface area contributed by atoms with Crippen molar-refractivity contribution in [2.24, 2.45) is 5.92 Å². The molecule has 1 N–H and O–H groups in total. The van der Waals surface area contributed by atoms with Crippen molar-refractivity contribution in [3.8, 4) is 0 Å². The third kappa shape index (κ3) is 5.64. The predicted molar refractivity (Wildman–Crippen MR) is 53.4 cm³/mol. The molecular formula is C10H21NO2. The number of carbonyl (C=O) groups excluding carboxylic acids is 1. The molecule has 0 spiro atoms. The van der Waals surface area contributed by atoms with Crippen LogP contribution >= 0.6 is 0 Å². The molecule has 78 valence electrons. The van der Waals surface area contributed by atoms with Gasteiger partial charge in [-0.1, -0.05) is 20.8 Å².